The maximum absolute atomic E-state index is 8.83. The SMILES string of the molecule is C[N+]1(C)Cc2ccccc2-c2ccccc2C1.[O-][Cl+](O)(O)O. The van der Waals surface area contributed by atoms with Crippen molar-refractivity contribution in [3.63, 3.8) is 0 Å². The molecule has 0 aromatic heterocycles. The molecular weight excluding hydrogens is 306 g/mol. The summed E-state index contributed by atoms with van der Waals surface area (Å²) < 4.78 is 31.2. The van der Waals surface area contributed by atoms with Crippen LogP contribution < -0.4 is 4.66 Å². The van der Waals surface area contributed by atoms with Gasteiger partial charge in [0.2, 0.25) is 0 Å². The van der Waals surface area contributed by atoms with Crippen LogP contribution in [0.2, 0.25) is 0 Å². The number of hydrogen-bond donors (Lipinski definition) is 3. The van der Waals surface area contributed by atoms with E-state index in [9.17, 15) is 0 Å². The Bertz CT molecular complexity index is 597. The fourth-order valence-corrected chi connectivity index (χ4v) is 2.82. The van der Waals surface area contributed by atoms with E-state index in [1.165, 1.54) is 22.3 Å². The summed E-state index contributed by atoms with van der Waals surface area (Å²) in [5.41, 5.74) is 5.74. The molecule has 0 radical (unpaired) electrons. The molecule has 0 amide bonds. The average Bonchev–Trinajstić information content (AvgIpc) is 2.48. The van der Waals surface area contributed by atoms with Gasteiger partial charge in [-0.05, 0) is 11.1 Å². The molecule has 3 rings (SSSR count). The van der Waals surface area contributed by atoms with Gasteiger partial charge in [-0.3, -0.25) is 0 Å². The number of quaternary nitrogens is 1. The molecule has 3 N–H and O–H groups in total. The minimum atomic E-state index is -4.19. The second kappa shape index (κ2) is 6.34. The fourth-order valence-electron chi connectivity index (χ4n) is 2.82. The topological polar surface area (TPSA) is 83.8 Å². The number of halogens is 1. The van der Waals surface area contributed by atoms with Crippen LogP contribution in [-0.4, -0.2) is 32.6 Å². The van der Waals surface area contributed by atoms with Crippen LogP contribution in [0.25, 0.3) is 11.1 Å². The van der Waals surface area contributed by atoms with Gasteiger partial charge in [0.25, 0.3) is 0 Å². The molecule has 0 saturated carbocycles. The Kier molecular flexibility index (Phi) is 4.87. The van der Waals surface area contributed by atoms with E-state index in [0.29, 0.717) is 0 Å². The van der Waals surface area contributed by atoms with Crippen molar-refractivity contribution in [1.82, 2.24) is 0 Å². The first-order valence-corrected chi connectivity index (χ1v) is 8.12. The predicted molar refractivity (Wildman–Crippen MR) is 78.1 cm³/mol. The van der Waals surface area contributed by atoms with Gasteiger partial charge in [0.1, 0.15) is 13.1 Å². The third-order valence-electron chi connectivity index (χ3n) is 3.52. The summed E-state index contributed by atoms with van der Waals surface area (Å²) in [5.74, 6) is 0. The molecule has 2 aromatic carbocycles. The molecule has 1 heterocycles. The molecule has 0 saturated heterocycles. The van der Waals surface area contributed by atoms with E-state index in [4.69, 9.17) is 18.6 Å². The van der Waals surface area contributed by atoms with Crippen LogP contribution in [-0.2, 0) is 13.1 Å². The summed E-state index contributed by atoms with van der Waals surface area (Å²) in [4.78, 5) is 0. The molecule has 0 aliphatic carbocycles. The quantitative estimate of drug-likeness (QED) is 0.619. The standard InChI is InChI=1S/C16H18N.ClH3O4/c1-17(2)11-13-7-3-5-9-15(13)16-10-6-4-8-14(16)12-17;2-1(3,4)5/h3-10H,11-12H2,1-2H3;2-4H/q+1;. The normalized spacial score (nSPS) is 16.5. The molecule has 0 fully saturated rings. The van der Waals surface area contributed by atoms with E-state index < -0.39 is 10.2 Å². The first kappa shape index (κ1) is 16.9. The fraction of sp³-hybridized carbons (Fsp3) is 0.250. The van der Waals surface area contributed by atoms with Gasteiger partial charge in [-0.15, -0.1) is 0 Å². The van der Waals surface area contributed by atoms with Crippen LogP contribution in [0.3, 0.4) is 0 Å². The summed E-state index contributed by atoms with van der Waals surface area (Å²) in [5, 5.41) is 0. The predicted octanol–water partition coefficient (Wildman–Crippen LogP) is 0.584. The van der Waals surface area contributed by atoms with Crippen molar-refractivity contribution in [3.05, 3.63) is 59.7 Å². The number of fused-ring (bicyclic) bond motifs is 3. The Labute approximate surface area is 132 Å². The first-order valence-electron chi connectivity index (χ1n) is 6.80. The Hall–Kier alpha value is -1.47. The molecule has 120 valence electrons. The molecule has 0 bridgehead atoms. The number of hydrogen-bond acceptors (Lipinski definition) is 4. The van der Waals surface area contributed by atoms with Gasteiger partial charge in [-0.2, -0.15) is 0 Å². The third kappa shape index (κ3) is 4.78. The summed E-state index contributed by atoms with van der Waals surface area (Å²) in [6.45, 7) is 2.20. The van der Waals surface area contributed by atoms with E-state index in [-0.39, 0.29) is 0 Å². The summed E-state index contributed by atoms with van der Waals surface area (Å²) >= 11 is 0. The van der Waals surface area contributed by atoms with Crippen LogP contribution in [0.15, 0.2) is 48.5 Å². The van der Waals surface area contributed by atoms with Gasteiger partial charge >= 0.3 is 28.9 Å². The summed E-state index contributed by atoms with van der Waals surface area (Å²) in [7, 11) is 0.414. The summed E-state index contributed by atoms with van der Waals surface area (Å²) in [6, 6.07) is 17.6. The zero-order valence-corrected chi connectivity index (χ0v) is 13.4. The zero-order chi connectivity index (χ0) is 16.4. The van der Waals surface area contributed by atoms with Crippen molar-refractivity contribution in [2.45, 2.75) is 13.1 Å². The van der Waals surface area contributed by atoms with E-state index in [1.54, 1.807) is 0 Å². The molecule has 0 atom stereocenters. The molecule has 1 aliphatic rings. The van der Waals surface area contributed by atoms with Gasteiger partial charge in [0.15, 0.2) is 0 Å². The number of nitrogens with zero attached hydrogens (tertiary/aromatic N) is 1. The molecule has 0 unspecified atom stereocenters. The maximum atomic E-state index is 8.83. The molecule has 22 heavy (non-hydrogen) atoms. The molecular formula is C16H21ClNO4+. The van der Waals surface area contributed by atoms with E-state index >= 15 is 0 Å². The Morgan fingerprint density at radius 3 is 1.50 bits per heavy atom. The molecule has 1 aliphatic heterocycles. The average molecular weight is 327 g/mol. The number of rotatable bonds is 0. The monoisotopic (exact) mass is 326 g/mol. The first-order chi connectivity index (χ1) is 10.2. The zero-order valence-electron chi connectivity index (χ0n) is 12.6. The van der Waals surface area contributed by atoms with Crippen molar-refractivity contribution >= 4 is 0 Å². The Morgan fingerprint density at radius 2 is 1.14 bits per heavy atom. The Morgan fingerprint density at radius 1 is 0.818 bits per heavy atom. The second-order valence-electron chi connectivity index (χ2n) is 6.00. The van der Waals surface area contributed by atoms with Crippen LogP contribution in [0.5, 0.6) is 0 Å². The van der Waals surface area contributed by atoms with E-state index in [0.717, 1.165) is 17.6 Å². The van der Waals surface area contributed by atoms with Gasteiger partial charge in [-0.25, -0.2) is 0 Å². The van der Waals surface area contributed by atoms with Gasteiger partial charge in [0.05, 0.1) is 14.1 Å². The van der Waals surface area contributed by atoms with Gasteiger partial charge < -0.3 is 4.48 Å². The van der Waals surface area contributed by atoms with Crippen LogP contribution in [0, 0.1) is 10.2 Å². The van der Waals surface area contributed by atoms with Crippen molar-refractivity contribution in [2.24, 2.45) is 0 Å². The van der Waals surface area contributed by atoms with E-state index in [2.05, 4.69) is 62.6 Å². The van der Waals surface area contributed by atoms with Gasteiger partial charge in [-0.1, -0.05) is 48.5 Å². The van der Waals surface area contributed by atoms with Crippen LogP contribution in [0.1, 0.15) is 11.1 Å². The second-order valence-corrected chi connectivity index (χ2v) is 6.87. The van der Waals surface area contributed by atoms with Gasteiger partial charge in [0, 0.05) is 11.1 Å². The number of benzene rings is 2. The molecule has 5 nitrogen and oxygen atoms in total. The Balaban J connectivity index is 0.000000309. The van der Waals surface area contributed by atoms with Crippen molar-refractivity contribution < 1.29 is 33.4 Å². The molecule has 6 heteroatoms. The van der Waals surface area contributed by atoms with E-state index in [1.807, 2.05) is 0 Å². The van der Waals surface area contributed by atoms with Crippen molar-refractivity contribution in [2.75, 3.05) is 14.1 Å². The van der Waals surface area contributed by atoms with Crippen molar-refractivity contribution in [1.29, 1.82) is 0 Å². The van der Waals surface area contributed by atoms with Crippen LogP contribution in [0.4, 0.5) is 0 Å². The van der Waals surface area contributed by atoms with Crippen molar-refractivity contribution in [3.8, 4) is 11.1 Å². The third-order valence-corrected chi connectivity index (χ3v) is 3.52. The summed E-state index contributed by atoms with van der Waals surface area (Å²) in [6.07, 6.45) is 0. The molecule has 0 spiro atoms. The van der Waals surface area contributed by atoms with Crippen LogP contribution >= 0.6 is 0 Å². The molecule has 2 aromatic rings. The minimum absolute atomic E-state index is 1.02.